The quantitative estimate of drug-likeness (QED) is 0.916. The van der Waals surface area contributed by atoms with Crippen LogP contribution in [0.15, 0.2) is 36.7 Å². The van der Waals surface area contributed by atoms with E-state index in [0.717, 1.165) is 50.9 Å². The first-order valence-electron chi connectivity index (χ1n) is 7.53. The van der Waals surface area contributed by atoms with Gasteiger partial charge >= 0.3 is 0 Å². The number of hydrogen-bond donors (Lipinski definition) is 1. The molecule has 0 amide bonds. The molecule has 1 fully saturated rings. The van der Waals surface area contributed by atoms with E-state index in [1.54, 1.807) is 0 Å². The van der Waals surface area contributed by atoms with E-state index in [-0.39, 0.29) is 0 Å². The highest BCUT2D eigenvalue weighted by Gasteiger charge is 2.11. The lowest BCUT2D eigenvalue weighted by molar-refractivity contribution is 0.122. The van der Waals surface area contributed by atoms with Gasteiger partial charge < -0.3 is 19.5 Å². The molecule has 3 heterocycles. The molecule has 1 aliphatic heterocycles. The van der Waals surface area contributed by atoms with Gasteiger partial charge in [-0.05, 0) is 31.2 Å². The largest absolute Gasteiger partial charge is 0.378 e. The second kappa shape index (κ2) is 6.63. The summed E-state index contributed by atoms with van der Waals surface area (Å²) in [5.41, 5.74) is 2.34. The van der Waals surface area contributed by atoms with E-state index in [4.69, 9.17) is 4.74 Å². The number of hydrogen-bond acceptors (Lipinski definition) is 4. The van der Waals surface area contributed by atoms with Gasteiger partial charge in [0, 0.05) is 31.5 Å². The molecule has 3 rings (SSSR count). The van der Waals surface area contributed by atoms with E-state index in [0.29, 0.717) is 0 Å². The molecule has 0 saturated carbocycles. The van der Waals surface area contributed by atoms with E-state index in [1.807, 2.05) is 6.20 Å². The third kappa shape index (κ3) is 3.36. The summed E-state index contributed by atoms with van der Waals surface area (Å²) in [6.07, 6.45) is 4.01. The fourth-order valence-corrected chi connectivity index (χ4v) is 2.58. The lowest BCUT2D eigenvalue weighted by atomic mass is 10.3. The molecule has 0 unspecified atom stereocenters. The van der Waals surface area contributed by atoms with Crippen LogP contribution in [0.5, 0.6) is 0 Å². The average Bonchev–Trinajstić information content (AvgIpc) is 3.02. The Morgan fingerprint density at radius 2 is 2.10 bits per heavy atom. The fraction of sp³-hybridized carbons (Fsp3) is 0.438. The molecule has 0 spiro atoms. The van der Waals surface area contributed by atoms with E-state index >= 15 is 0 Å². The molecule has 0 aliphatic carbocycles. The van der Waals surface area contributed by atoms with Gasteiger partial charge in [-0.2, -0.15) is 0 Å². The number of nitrogens with one attached hydrogen (secondary N) is 1. The van der Waals surface area contributed by atoms with Gasteiger partial charge in [-0.3, -0.25) is 0 Å². The molecule has 5 heteroatoms. The Balaban J connectivity index is 1.59. The third-order valence-electron chi connectivity index (χ3n) is 3.82. The zero-order valence-corrected chi connectivity index (χ0v) is 12.5. The minimum Gasteiger partial charge on any atom is -0.378 e. The van der Waals surface area contributed by atoms with Crippen LogP contribution in [0.1, 0.15) is 12.6 Å². The van der Waals surface area contributed by atoms with Crippen LogP contribution in [0.25, 0.3) is 0 Å². The van der Waals surface area contributed by atoms with Crippen LogP contribution in [-0.2, 0) is 17.8 Å². The average molecular weight is 286 g/mol. The van der Waals surface area contributed by atoms with Gasteiger partial charge in [-0.1, -0.05) is 0 Å². The van der Waals surface area contributed by atoms with Crippen molar-refractivity contribution in [2.45, 2.75) is 20.0 Å². The highest BCUT2D eigenvalue weighted by Crippen LogP contribution is 2.16. The van der Waals surface area contributed by atoms with E-state index < -0.39 is 0 Å². The first-order valence-corrected chi connectivity index (χ1v) is 7.53. The highest BCUT2D eigenvalue weighted by atomic mass is 16.5. The minimum absolute atomic E-state index is 0.787. The van der Waals surface area contributed by atoms with Gasteiger partial charge in [-0.25, -0.2) is 4.98 Å². The number of ether oxygens (including phenoxy) is 1. The summed E-state index contributed by atoms with van der Waals surface area (Å²) in [7, 11) is 0. The molecule has 5 nitrogen and oxygen atoms in total. The van der Waals surface area contributed by atoms with Gasteiger partial charge in [0.25, 0.3) is 0 Å². The van der Waals surface area contributed by atoms with Crippen molar-refractivity contribution in [1.82, 2.24) is 9.55 Å². The van der Waals surface area contributed by atoms with Crippen molar-refractivity contribution in [2.24, 2.45) is 0 Å². The standard InChI is InChI=1S/C16H22N4O/c1-2-19-7-3-4-15(19)13-17-14-5-6-16(18-12-14)20-8-10-21-11-9-20/h3-7,12,17H,2,8-11,13H2,1H3. The number of nitrogens with zero attached hydrogens (tertiary/aromatic N) is 3. The predicted molar refractivity (Wildman–Crippen MR) is 84.7 cm³/mol. The molecule has 1 N–H and O–H groups in total. The van der Waals surface area contributed by atoms with Crippen molar-refractivity contribution in [3.63, 3.8) is 0 Å². The molecule has 112 valence electrons. The molecule has 2 aromatic heterocycles. The van der Waals surface area contributed by atoms with Gasteiger partial charge in [0.1, 0.15) is 5.82 Å². The second-order valence-corrected chi connectivity index (χ2v) is 5.14. The van der Waals surface area contributed by atoms with Crippen LogP contribution in [0.3, 0.4) is 0 Å². The van der Waals surface area contributed by atoms with Crippen molar-refractivity contribution < 1.29 is 4.74 Å². The van der Waals surface area contributed by atoms with E-state index in [9.17, 15) is 0 Å². The number of anilines is 2. The van der Waals surface area contributed by atoms with Gasteiger partial charge in [0.2, 0.25) is 0 Å². The summed E-state index contributed by atoms with van der Waals surface area (Å²) in [6, 6.07) is 8.40. The normalized spacial score (nSPS) is 15.2. The summed E-state index contributed by atoms with van der Waals surface area (Å²) in [4.78, 5) is 6.81. The number of aryl methyl sites for hydroxylation is 1. The Bertz CT molecular complexity index is 558. The smallest absolute Gasteiger partial charge is 0.128 e. The fourth-order valence-electron chi connectivity index (χ4n) is 2.58. The molecule has 0 bridgehead atoms. The van der Waals surface area contributed by atoms with Crippen LogP contribution in [0, 0.1) is 0 Å². The second-order valence-electron chi connectivity index (χ2n) is 5.14. The van der Waals surface area contributed by atoms with Crippen LogP contribution in [0.2, 0.25) is 0 Å². The van der Waals surface area contributed by atoms with Crippen LogP contribution < -0.4 is 10.2 Å². The van der Waals surface area contributed by atoms with Crippen molar-refractivity contribution in [3.05, 3.63) is 42.4 Å². The maximum Gasteiger partial charge on any atom is 0.128 e. The first-order chi connectivity index (χ1) is 10.4. The molecule has 2 aromatic rings. The maximum atomic E-state index is 5.36. The van der Waals surface area contributed by atoms with Crippen LogP contribution in [0.4, 0.5) is 11.5 Å². The van der Waals surface area contributed by atoms with Gasteiger partial charge in [-0.15, -0.1) is 0 Å². The number of morpholine rings is 1. The lowest BCUT2D eigenvalue weighted by Gasteiger charge is -2.27. The Morgan fingerprint density at radius 3 is 2.81 bits per heavy atom. The molecule has 0 atom stereocenters. The first kappa shape index (κ1) is 13.9. The number of aromatic nitrogens is 2. The Hall–Kier alpha value is -2.01. The van der Waals surface area contributed by atoms with E-state index in [1.165, 1.54) is 5.69 Å². The van der Waals surface area contributed by atoms with Gasteiger partial charge in [0.05, 0.1) is 31.6 Å². The number of pyridine rings is 1. The SMILES string of the molecule is CCn1cccc1CNc1ccc(N2CCOCC2)nc1. The van der Waals surface area contributed by atoms with Crippen LogP contribution >= 0.6 is 0 Å². The molecule has 0 aromatic carbocycles. The van der Waals surface area contributed by atoms with Crippen LogP contribution in [-0.4, -0.2) is 35.9 Å². The third-order valence-corrected chi connectivity index (χ3v) is 3.82. The predicted octanol–water partition coefficient (Wildman–Crippen LogP) is 2.35. The van der Waals surface area contributed by atoms with Crippen molar-refractivity contribution in [1.29, 1.82) is 0 Å². The zero-order valence-electron chi connectivity index (χ0n) is 12.5. The lowest BCUT2D eigenvalue weighted by Crippen LogP contribution is -2.36. The topological polar surface area (TPSA) is 42.3 Å². The molecule has 1 aliphatic rings. The number of rotatable bonds is 5. The summed E-state index contributed by atoms with van der Waals surface area (Å²) >= 11 is 0. The Kier molecular flexibility index (Phi) is 4.40. The zero-order chi connectivity index (χ0) is 14.5. The van der Waals surface area contributed by atoms with Gasteiger partial charge in [0.15, 0.2) is 0 Å². The molecule has 1 saturated heterocycles. The van der Waals surface area contributed by atoms with Crippen molar-refractivity contribution >= 4 is 11.5 Å². The van der Waals surface area contributed by atoms with Crippen molar-refractivity contribution in [3.8, 4) is 0 Å². The minimum atomic E-state index is 0.787. The molecule has 21 heavy (non-hydrogen) atoms. The Morgan fingerprint density at radius 1 is 1.24 bits per heavy atom. The van der Waals surface area contributed by atoms with Crippen molar-refractivity contribution in [2.75, 3.05) is 36.5 Å². The highest BCUT2D eigenvalue weighted by molar-refractivity contribution is 5.49. The summed E-state index contributed by atoms with van der Waals surface area (Å²) in [6.45, 7) is 7.39. The summed E-state index contributed by atoms with van der Waals surface area (Å²) in [5, 5.41) is 3.43. The molecule has 0 radical (unpaired) electrons. The monoisotopic (exact) mass is 286 g/mol. The summed E-state index contributed by atoms with van der Waals surface area (Å²) < 4.78 is 7.60. The Labute approximate surface area is 125 Å². The maximum absolute atomic E-state index is 5.36. The summed E-state index contributed by atoms with van der Waals surface area (Å²) in [5.74, 6) is 1.03. The molecular weight excluding hydrogens is 264 g/mol. The van der Waals surface area contributed by atoms with E-state index in [2.05, 4.69) is 57.2 Å². The molecular formula is C16H22N4O.